The van der Waals surface area contributed by atoms with Crippen molar-refractivity contribution in [3.05, 3.63) is 78.0 Å². The monoisotopic (exact) mass is 449 g/mol. The smallest absolute Gasteiger partial charge is 0.326 e. The van der Waals surface area contributed by atoms with Crippen molar-refractivity contribution in [1.82, 2.24) is 15.0 Å². The van der Waals surface area contributed by atoms with Crippen molar-refractivity contribution >= 4 is 11.6 Å². The standard InChI is InChI=1S/C22H20F5N5/c1-13-5-6-18(15-9-16(21(3,23)24)11-17(10-15)22(25,26)27)31-20(13)32(4)14(2)30-19-12-28-7-8-29-19/h5-12H,2H2,1,3-4H3,(H,29,30). The highest BCUT2D eigenvalue weighted by Gasteiger charge is 2.34. The lowest BCUT2D eigenvalue weighted by atomic mass is 9.99. The number of aromatic nitrogens is 3. The number of rotatable bonds is 6. The summed E-state index contributed by atoms with van der Waals surface area (Å²) >= 11 is 0. The Kier molecular flexibility index (Phi) is 6.16. The van der Waals surface area contributed by atoms with Crippen LogP contribution in [0.15, 0.2) is 61.3 Å². The molecule has 2 heterocycles. The summed E-state index contributed by atoms with van der Waals surface area (Å²) in [6, 6.07) is 5.41. The molecule has 0 fully saturated rings. The van der Waals surface area contributed by atoms with Gasteiger partial charge in [-0.1, -0.05) is 12.6 Å². The first-order valence-electron chi connectivity index (χ1n) is 9.40. The van der Waals surface area contributed by atoms with E-state index in [-0.39, 0.29) is 11.3 Å². The molecule has 32 heavy (non-hydrogen) atoms. The second-order valence-electron chi connectivity index (χ2n) is 7.24. The number of nitrogens with zero attached hydrogens (tertiary/aromatic N) is 4. The molecular formula is C22H20F5N5. The fourth-order valence-corrected chi connectivity index (χ4v) is 2.93. The van der Waals surface area contributed by atoms with E-state index in [1.807, 2.05) is 0 Å². The minimum Gasteiger partial charge on any atom is -0.326 e. The number of hydrogen-bond acceptors (Lipinski definition) is 5. The number of benzene rings is 1. The molecule has 0 radical (unpaired) electrons. The molecule has 0 saturated carbocycles. The molecule has 168 valence electrons. The Morgan fingerprint density at radius 3 is 2.31 bits per heavy atom. The quantitative estimate of drug-likeness (QED) is 0.468. The largest absolute Gasteiger partial charge is 0.416 e. The molecule has 0 spiro atoms. The molecule has 5 nitrogen and oxygen atoms in total. The van der Waals surface area contributed by atoms with Gasteiger partial charge in [-0.3, -0.25) is 4.98 Å². The third-order valence-corrected chi connectivity index (χ3v) is 4.69. The van der Waals surface area contributed by atoms with Gasteiger partial charge >= 0.3 is 6.18 Å². The first kappa shape index (κ1) is 23.1. The van der Waals surface area contributed by atoms with E-state index >= 15 is 0 Å². The van der Waals surface area contributed by atoms with E-state index in [1.165, 1.54) is 24.7 Å². The van der Waals surface area contributed by atoms with Crippen molar-refractivity contribution in [3.8, 4) is 11.3 Å². The van der Waals surface area contributed by atoms with Crippen molar-refractivity contribution in [3.63, 3.8) is 0 Å². The van der Waals surface area contributed by atoms with Crippen molar-refractivity contribution in [2.75, 3.05) is 17.3 Å². The Bertz CT molecular complexity index is 1090. The van der Waals surface area contributed by atoms with E-state index in [0.29, 0.717) is 36.0 Å². The Labute approximate surface area is 181 Å². The van der Waals surface area contributed by atoms with Crippen LogP contribution in [-0.2, 0) is 12.1 Å². The van der Waals surface area contributed by atoms with Gasteiger partial charge in [0.15, 0.2) is 0 Å². The molecule has 0 unspecified atom stereocenters. The van der Waals surface area contributed by atoms with Crippen LogP contribution in [0.4, 0.5) is 33.6 Å². The van der Waals surface area contributed by atoms with Gasteiger partial charge < -0.3 is 10.2 Å². The Morgan fingerprint density at radius 1 is 1.03 bits per heavy atom. The normalized spacial score (nSPS) is 11.9. The second-order valence-corrected chi connectivity index (χ2v) is 7.24. The highest BCUT2D eigenvalue weighted by atomic mass is 19.4. The van der Waals surface area contributed by atoms with Gasteiger partial charge in [0.1, 0.15) is 17.5 Å². The Hall–Kier alpha value is -3.56. The predicted octanol–water partition coefficient (Wildman–Crippen LogP) is 6.00. The molecule has 0 atom stereocenters. The molecule has 3 aromatic rings. The molecule has 0 aliphatic carbocycles. The van der Waals surface area contributed by atoms with Crippen molar-refractivity contribution in [1.29, 1.82) is 0 Å². The summed E-state index contributed by atoms with van der Waals surface area (Å²) < 4.78 is 67.7. The molecule has 0 aliphatic rings. The SMILES string of the molecule is C=C(Nc1cnccn1)N(C)c1nc(-c2cc(C(C)(F)F)cc(C(F)(F)F)c2)ccc1C. The van der Waals surface area contributed by atoms with Crippen molar-refractivity contribution in [2.45, 2.75) is 25.9 Å². The summed E-state index contributed by atoms with van der Waals surface area (Å²) in [5, 5.41) is 2.95. The van der Waals surface area contributed by atoms with Crippen LogP contribution in [-0.4, -0.2) is 22.0 Å². The molecule has 1 N–H and O–H groups in total. The third kappa shape index (κ3) is 5.19. The van der Waals surface area contributed by atoms with E-state index in [1.54, 1.807) is 24.9 Å². The number of pyridine rings is 1. The van der Waals surface area contributed by atoms with E-state index in [9.17, 15) is 22.0 Å². The second kappa shape index (κ2) is 8.52. The van der Waals surface area contributed by atoms with Crippen LogP contribution in [0.3, 0.4) is 0 Å². The number of aryl methyl sites for hydroxylation is 1. The number of halogens is 5. The molecule has 3 rings (SSSR count). The maximum atomic E-state index is 13.9. The maximum absolute atomic E-state index is 13.9. The van der Waals surface area contributed by atoms with Crippen molar-refractivity contribution in [2.24, 2.45) is 0 Å². The highest BCUT2D eigenvalue weighted by molar-refractivity contribution is 5.66. The van der Waals surface area contributed by atoms with Gasteiger partial charge in [0.2, 0.25) is 0 Å². The van der Waals surface area contributed by atoms with Gasteiger partial charge in [-0.05, 0) is 36.8 Å². The van der Waals surface area contributed by atoms with E-state index in [4.69, 9.17) is 0 Å². The maximum Gasteiger partial charge on any atom is 0.416 e. The molecular weight excluding hydrogens is 429 g/mol. The molecule has 2 aromatic heterocycles. The fraction of sp³-hybridized carbons (Fsp3) is 0.227. The van der Waals surface area contributed by atoms with Crippen LogP contribution in [0.25, 0.3) is 11.3 Å². The van der Waals surface area contributed by atoms with Gasteiger partial charge in [0.05, 0.1) is 17.5 Å². The lowest BCUT2D eigenvalue weighted by Crippen LogP contribution is -2.23. The first-order chi connectivity index (χ1) is 14.9. The zero-order valence-electron chi connectivity index (χ0n) is 17.5. The number of anilines is 2. The predicted molar refractivity (Wildman–Crippen MR) is 112 cm³/mol. The van der Waals surface area contributed by atoms with Crippen LogP contribution in [0.5, 0.6) is 0 Å². The molecule has 0 bridgehead atoms. The Morgan fingerprint density at radius 2 is 1.72 bits per heavy atom. The zero-order valence-corrected chi connectivity index (χ0v) is 17.5. The fourth-order valence-electron chi connectivity index (χ4n) is 2.93. The van der Waals surface area contributed by atoms with Crippen molar-refractivity contribution < 1.29 is 22.0 Å². The lowest BCUT2D eigenvalue weighted by Gasteiger charge is -2.24. The average molecular weight is 449 g/mol. The van der Waals surface area contributed by atoms with Crippen LogP contribution < -0.4 is 10.2 Å². The van der Waals surface area contributed by atoms with E-state index < -0.39 is 23.2 Å². The van der Waals surface area contributed by atoms with Gasteiger partial charge in [-0.2, -0.15) is 13.2 Å². The number of alkyl halides is 5. The summed E-state index contributed by atoms with van der Waals surface area (Å²) in [5.41, 5.74) is -1.17. The molecule has 0 amide bonds. The van der Waals surface area contributed by atoms with Gasteiger partial charge in [0.25, 0.3) is 5.92 Å². The molecule has 0 aliphatic heterocycles. The Balaban J connectivity index is 2.02. The highest BCUT2D eigenvalue weighted by Crippen LogP contribution is 2.38. The molecule has 1 aromatic carbocycles. The topological polar surface area (TPSA) is 53.9 Å². The summed E-state index contributed by atoms with van der Waals surface area (Å²) in [6.45, 7) is 6.23. The summed E-state index contributed by atoms with van der Waals surface area (Å²) in [7, 11) is 1.66. The summed E-state index contributed by atoms with van der Waals surface area (Å²) in [4.78, 5) is 14.0. The van der Waals surface area contributed by atoms with Gasteiger partial charge in [-0.25, -0.2) is 18.7 Å². The van der Waals surface area contributed by atoms with Crippen LogP contribution in [0, 0.1) is 6.92 Å². The van der Waals surface area contributed by atoms with E-state index in [2.05, 4.69) is 26.8 Å². The number of hydrogen-bond donors (Lipinski definition) is 1. The van der Waals surface area contributed by atoms with Crippen LogP contribution in [0.1, 0.15) is 23.6 Å². The minimum atomic E-state index is -4.78. The van der Waals surface area contributed by atoms with Gasteiger partial charge in [-0.15, -0.1) is 0 Å². The van der Waals surface area contributed by atoms with E-state index in [0.717, 1.165) is 12.1 Å². The lowest BCUT2D eigenvalue weighted by molar-refractivity contribution is -0.137. The molecule has 0 saturated heterocycles. The van der Waals surface area contributed by atoms with Gasteiger partial charge in [0, 0.05) is 37.5 Å². The van der Waals surface area contributed by atoms with Crippen LogP contribution in [0.2, 0.25) is 0 Å². The van der Waals surface area contributed by atoms with Crippen LogP contribution >= 0.6 is 0 Å². The third-order valence-electron chi connectivity index (χ3n) is 4.69. The summed E-state index contributed by atoms with van der Waals surface area (Å²) in [5.74, 6) is -2.25. The number of nitrogens with one attached hydrogen (secondary N) is 1. The first-order valence-corrected chi connectivity index (χ1v) is 9.40. The summed E-state index contributed by atoms with van der Waals surface area (Å²) in [6.07, 6.45) is -0.287. The molecule has 10 heteroatoms. The average Bonchev–Trinajstić information content (AvgIpc) is 2.72. The minimum absolute atomic E-state index is 0.0708. The zero-order chi connectivity index (χ0) is 23.7.